The summed E-state index contributed by atoms with van der Waals surface area (Å²) in [6, 6.07) is 0. The summed E-state index contributed by atoms with van der Waals surface area (Å²) in [4.78, 5) is 0. The van der Waals surface area contributed by atoms with E-state index in [0.29, 0.717) is 12.8 Å². The predicted molar refractivity (Wildman–Crippen MR) is 42.9 cm³/mol. The van der Waals surface area contributed by atoms with Crippen molar-refractivity contribution in [2.75, 3.05) is 6.61 Å². The first-order chi connectivity index (χ1) is 3.91. The SMILES string of the molecule is O.O.O.O.O[CH-]CCCO.[Cl][Au]. The van der Waals surface area contributed by atoms with Crippen molar-refractivity contribution in [3.8, 4) is 0 Å². The Labute approximate surface area is 87.5 Å². The van der Waals surface area contributed by atoms with Crippen molar-refractivity contribution in [1.29, 1.82) is 0 Å². The second kappa shape index (κ2) is 59.8. The molecule has 0 radical (unpaired) electrons. The van der Waals surface area contributed by atoms with Gasteiger partial charge in [-0.05, 0) is 0 Å². The van der Waals surface area contributed by atoms with Gasteiger partial charge in [0.2, 0.25) is 0 Å². The van der Waals surface area contributed by atoms with Crippen LogP contribution >= 0.6 is 9.19 Å². The van der Waals surface area contributed by atoms with Gasteiger partial charge < -0.3 is 32.1 Å². The zero-order valence-corrected chi connectivity index (χ0v) is 9.19. The fourth-order valence-corrected chi connectivity index (χ4v) is 0.183. The molecule has 0 atom stereocenters. The third-order valence-corrected chi connectivity index (χ3v) is 0.491. The number of aliphatic hydroxyl groups is 2. The van der Waals surface area contributed by atoms with Crippen LogP contribution in [0.25, 0.3) is 0 Å². The molecule has 0 heterocycles. The number of unbranched alkanes of at least 4 members (excludes halogenated alkanes) is 1. The molecule has 0 saturated heterocycles. The van der Waals surface area contributed by atoms with E-state index in [2.05, 4.69) is 9.19 Å². The first kappa shape index (κ1) is 38.6. The van der Waals surface area contributed by atoms with Crippen molar-refractivity contribution in [2.45, 2.75) is 12.8 Å². The Balaban J connectivity index is -0.0000000140. The molecule has 0 spiro atoms. The van der Waals surface area contributed by atoms with Crippen LogP contribution in [0.3, 0.4) is 0 Å². The summed E-state index contributed by atoms with van der Waals surface area (Å²) in [6.07, 6.45) is 1.26. The molecule has 10 N–H and O–H groups in total. The molecule has 0 bridgehead atoms. The van der Waals surface area contributed by atoms with Gasteiger partial charge in [-0.2, -0.15) is 6.42 Å². The Morgan fingerprint density at radius 2 is 1.42 bits per heavy atom. The summed E-state index contributed by atoms with van der Waals surface area (Å²) in [7, 11) is 4.58. The van der Waals surface area contributed by atoms with Gasteiger partial charge in [-0.1, -0.05) is 6.42 Å². The van der Waals surface area contributed by atoms with Crippen LogP contribution in [-0.4, -0.2) is 38.7 Å². The molecule has 0 rings (SSSR count). The number of hydrogen-bond acceptors (Lipinski definition) is 2. The molecule has 8 heteroatoms. The molecular formula is C4H17AuClO6-. The minimum atomic E-state index is 0. The Morgan fingerprint density at radius 1 is 1.08 bits per heavy atom. The van der Waals surface area contributed by atoms with E-state index in [1.165, 1.54) is 0 Å². The fourth-order valence-electron chi connectivity index (χ4n) is 0.183. The Morgan fingerprint density at radius 3 is 1.50 bits per heavy atom. The van der Waals surface area contributed by atoms with Crippen LogP contribution in [-0.2, 0) is 20.0 Å². The van der Waals surface area contributed by atoms with Crippen molar-refractivity contribution in [2.24, 2.45) is 0 Å². The number of rotatable bonds is 3. The van der Waals surface area contributed by atoms with Gasteiger partial charge in [-0.15, -0.1) is 0 Å². The molecule has 6 nitrogen and oxygen atoms in total. The molecular weight excluding hydrogens is 376 g/mol. The minimum absolute atomic E-state index is 0. The number of hydrogen-bond donors (Lipinski definition) is 2. The van der Waals surface area contributed by atoms with Gasteiger partial charge in [0.15, 0.2) is 0 Å². The van der Waals surface area contributed by atoms with Gasteiger partial charge in [0.25, 0.3) is 0 Å². The Bertz CT molecular complexity index is 31.5. The topological polar surface area (TPSA) is 166 Å². The van der Waals surface area contributed by atoms with Crippen LogP contribution < -0.4 is 0 Å². The van der Waals surface area contributed by atoms with Gasteiger partial charge in [0.05, 0.1) is 0 Å². The van der Waals surface area contributed by atoms with Gasteiger partial charge in [-0.3, -0.25) is 0 Å². The summed E-state index contributed by atoms with van der Waals surface area (Å²) >= 11 is 1.75. The van der Waals surface area contributed by atoms with E-state index in [-0.39, 0.29) is 28.5 Å². The molecule has 0 aliphatic heterocycles. The van der Waals surface area contributed by atoms with E-state index in [9.17, 15) is 0 Å². The van der Waals surface area contributed by atoms with Crippen LogP contribution in [0.5, 0.6) is 0 Å². The van der Waals surface area contributed by atoms with Crippen molar-refractivity contribution >= 4 is 9.19 Å². The first-order valence-electron chi connectivity index (χ1n) is 2.10. The zero-order chi connectivity index (χ0) is 6.83. The number of halogens is 1. The third-order valence-electron chi connectivity index (χ3n) is 0.491. The van der Waals surface area contributed by atoms with Crippen LogP contribution in [0.15, 0.2) is 0 Å². The van der Waals surface area contributed by atoms with Crippen molar-refractivity contribution in [3.63, 3.8) is 0 Å². The average molecular weight is 394 g/mol. The molecule has 0 aliphatic carbocycles. The van der Waals surface area contributed by atoms with Crippen LogP contribution in [0.4, 0.5) is 0 Å². The molecule has 0 aromatic rings. The van der Waals surface area contributed by atoms with Gasteiger partial charge in [0, 0.05) is 6.61 Å². The summed E-state index contributed by atoms with van der Waals surface area (Å²) in [5.41, 5.74) is 0. The maximum absolute atomic E-state index is 8.07. The fraction of sp³-hybridized carbons (Fsp3) is 0.750. The zero-order valence-electron chi connectivity index (χ0n) is 6.27. The van der Waals surface area contributed by atoms with Crippen molar-refractivity contribution in [3.05, 3.63) is 6.61 Å². The number of aliphatic hydroxyl groups excluding tert-OH is 2. The average Bonchev–Trinajstić information content (AvgIpc) is 1.88. The Hall–Kier alpha value is 0.790. The van der Waals surface area contributed by atoms with Gasteiger partial charge in [0.1, 0.15) is 0 Å². The Kier molecular flexibility index (Phi) is 192. The van der Waals surface area contributed by atoms with Crippen molar-refractivity contribution < 1.29 is 52.1 Å². The van der Waals surface area contributed by atoms with Crippen molar-refractivity contribution in [1.82, 2.24) is 0 Å². The maximum atomic E-state index is 8.07. The van der Waals surface area contributed by atoms with E-state index in [0.717, 1.165) is 6.61 Å². The molecule has 0 fully saturated rings. The summed E-state index contributed by atoms with van der Waals surface area (Å²) in [5, 5.41) is 16.0. The van der Waals surface area contributed by atoms with E-state index in [1.807, 2.05) is 0 Å². The van der Waals surface area contributed by atoms with Crippen LogP contribution in [0.1, 0.15) is 12.8 Å². The second-order valence-electron chi connectivity index (χ2n) is 1.05. The van der Waals surface area contributed by atoms with E-state index in [4.69, 9.17) is 10.2 Å². The van der Waals surface area contributed by atoms with Gasteiger partial charge >= 0.3 is 29.2 Å². The molecule has 0 aromatic heterocycles. The molecule has 0 amide bonds. The summed E-state index contributed by atoms with van der Waals surface area (Å²) < 4.78 is 0. The third kappa shape index (κ3) is 72.0. The standard InChI is InChI=1S/C4H9O2.Au.ClH.4H2O/c5-3-1-2-4-6;;;;;;/h3,5-6H,1-2,4H2;;1H;4*1H2/q-1;+1;;;;;/p-1. The van der Waals surface area contributed by atoms with Crippen LogP contribution in [0, 0.1) is 6.61 Å². The van der Waals surface area contributed by atoms with E-state index in [1.54, 1.807) is 20.0 Å². The monoisotopic (exact) mass is 393 g/mol. The second-order valence-corrected chi connectivity index (χ2v) is 1.05. The predicted octanol–water partition coefficient (Wildman–Crippen LogP) is -2.32. The molecule has 0 aliphatic rings. The quantitative estimate of drug-likeness (QED) is 0.312. The normalized spacial score (nSPS) is 5.08. The van der Waals surface area contributed by atoms with E-state index >= 15 is 0 Å². The molecule has 12 heavy (non-hydrogen) atoms. The molecule has 0 unspecified atom stereocenters. The van der Waals surface area contributed by atoms with Gasteiger partial charge in [-0.25, -0.2) is 6.61 Å². The molecule has 88 valence electrons. The summed E-state index contributed by atoms with van der Waals surface area (Å²) in [6.45, 7) is 1.22. The molecule has 0 saturated carbocycles. The van der Waals surface area contributed by atoms with Crippen LogP contribution in [0.2, 0.25) is 0 Å². The molecule has 0 aromatic carbocycles. The van der Waals surface area contributed by atoms with E-state index < -0.39 is 0 Å². The first-order valence-corrected chi connectivity index (χ1v) is 4.78. The summed E-state index contributed by atoms with van der Waals surface area (Å²) in [5.74, 6) is 0.